The van der Waals surface area contributed by atoms with Crippen LogP contribution in [0.3, 0.4) is 0 Å². The van der Waals surface area contributed by atoms with E-state index in [4.69, 9.17) is 14.3 Å². The van der Waals surface area contributed by atoms with E-state index in [2.05, 4.69) is 0 Å². The zero-order valence-electron chi connectivity index (χ0n) is 10.2. The van der Waals surface area contributed by atoms with Crippen LogP contribution in [0.15, 0.2) is 45.7 Å². The monoisotopic (exact) mass is 280 g/mol. The standard InChI is InChI=1S/C13H12O5S/c1-17-9-2-5-11(6-3-9)19(16)8-10-4-7-12(18-10)13(14)15/h2-7H,8H2,1H3,(H,14,15)/t19-/m0/s1. The predicted octanol–water partition coefficient (Wildman–Crippen LogP) is 2.29. The molecule has 0 unspecified atom stereocenters. The molecule has 0 aliphatic heterocycles. The van der Waals surface area contributed by atoms with Crippen LogP contribution in [0, 0.1) is 0 Å². The maximum absolute atomic E-state index is 12.1. The number of methoxy groups -OCH3 is 1. The summed E-state index contributed by atoms with van der Waals surface area (Å²) in [5, 5.41) is 8.72. The highest BCUT2D eigenvalue weighted by atomic mass is 32.2. The second-order valence-electron chi connectivity index (χ2n) is 3.74. The van der Waals surface area contributed by atoms with Crippen molar-refractivity contribution in [1.82, 2.24) is 0 Å². The van der Waals surface area contributed by atoms with Gasteiger partial charge in [0.2, 0.25) is 5.76 Å². The molecule has 2 rings (SSSR count). The van der Waals surface area contributed by atoms with Gasteiger partial charge in [-0.15, -0.1) is 0 Å². The summed E-state index contributed by atoms with van der Waals surface area (Å²) in [7, 11) is 0.271. The zero-order valence-corrected chi connectivity index (χ0v) is 11.0. The van der Waals surface area contributed by atoms with Crippen molar-refractivity contribution in [1.29, 1.82) is 0 Å². The van der Waals surface area contributed by atoms with E-state index in [9.17, 15) is 9.00 Å². The van der Waals surface area contributed by atoms with Crippen molar-refractivity contribution in [3.05, 3.63) is 47.9 Å². The molecule has 0 saturated heterocycles. The topological polar surface area (TPSA) is 76.7 Å². The van der Waals surface area contributed by atoms with Crippen molar-refractivity contribution < 1.29 is 23.3 Å². The van der Waals surface area contributed by atoms with Crippen molar-refractivity contribution in [3.63, 3.8) is 0 Å². The summed E-state index contributed by atoms with van der Waals surface area (Å²) in [6.07, 6.45) is 0. The molecule has 0 spiro atoms. The van der Waals surface area contributed by atoms with Crippen molar-refractivity contribution in [2.45, 2.75) is 10.6 Å². The van der Waals surface area contributed by atoms with Gasteiger partial charge in [-0.25, -0.2) is 4.79 Å². The Hall–Kier alpha value is -2.08. The normalized spacial score (nSPS) is 12.1. The van der Waals surface area contributed by atoms with Gasteiger partial charge in [0.1, 0.15) is 11.5 Å². The van der Waals surface area contributed by atoms with E-state index < -0.39 is 16.8 Å². The molecule has 1 atom stereocenters. The number of hydrogen-bond donors (Lipinski definition) is 1. The molecule has 6 heteroatoms. The molecular weight excluding hydrogens is 268 g/mol. The van der Waals surface area contributed by atoms with Crippen LogP contribution in [-0.2, 0) is 16.6 Å². The summed E-state index contributed by atoms with van der Waals surface area (Å²) in [5.74, 6) is -0.0822. The maximum atomic E-state index is 12.1. The molecule has 1 aromatic heterocycles. The average Bonchev–Trinajstić information content (AvgIpc) is 2.87. The third-order valence-electron chi connectivity index (χ3n) is 2.47. The van der Waals surface area contributed by atoms with Crippen molar-refractivity contribution in [2.75, 3.05) is 7.11 Å². The number of aromatic carboxylic acids is 1. The highest BCUT2D eigenvalue weighted by molar-refractivity contribution is 7.84. The molecule has 0 aliphatic carbocycles. The van der Waals surface area contributed by atoms with E-state index in [-0.39, 0.29) is 11.5 Å². The van der Waals surface area contributed by atoms with Gasteiger partial charge in [-0.3, -0.25) is 4.21 Å². The lowest BCUT2D eigenvalue weighted by Gasteiger charge is -2.02. The maximum Gasteiger partial charge on any atom is 0.371 e. The first-order valence-corrected chi connectivity index (χ1v) is 6.76. The van der Waals surface area contributed by atoms with Gasteiger partial charge < -0.3 is 14.3 Å². The van der Waals surface area contributed by atoms with Crippen LogP contribution >= 0.6 is 0 Å². The van der Waals surface area contributed by atoms with Crippen LogP contribution in [-0.4, -0.2) is 22.4 Å². The quantitative estimate of drug-likeness (QED) is 0.909. The Kier molecular flexibility index (Phi) is 4.01. The van der Waals surface area contributed by atoms with Crippen LogP contribution in [0.1, 0.15) is 16.3 Å². The number of rotatable bonds is 5. The van der Waals surface area contributed by atoms with Crippen molar-refractivity contribution in [2.24, 2.45) is 0 Å². The Morgan fingerprint density at radius 3 is 2.47 bits per heavy atom. The minimum Gasteiger partial charge on any atom is -0.497 e. The Morgan fingerprint density at radius 1 is 1.26 bits per heavy atom. The second kappa shape index (κ2) is 5.71. The first-order chi connectivity index (χ1) is 9.10. The Balaban J connectivity index is 2.08. The fourth-order valence-corrected chi connectivity index (χ4v) is 2.53. The van der Waals surface area contributed by atoms with Crippen LogP contribution in [0.2, 0.25) is 0 Å². The van der Waals surface area contributed by atoms with Crippen molar-refractivity contribution >= 4 is 16.8 Å². The molecule has 1 N–H and O–H groups in total. The molecular formula is C13H12O5S. The van der Waals surface area contributed by atoms with Gasteiger partial charge in [-0.2, -0.15) is 0 Å². The van der Waals surface area contributed by atoms with Gasteiger partial charge in [0.25, 0.3) is 0 Å². The molecule has 0 bridgehead atoms. The minimum absolute atomic E-state index is 0.139. The van der Waals surface area contributed by atoms with Crippen LogP contribution in [0.5, 0.6) is 5.75 Å². The first-order valence-electron chi connectivity index (χ1n) is 5.44. The third-order valence-corrected chi connectivity index (χ3v) is 3.81. The highest BCUT2D eigenvalue weighted by Gasteiger charge is 2.12. The first kappa shape index (κ1) is 13.4. The van der Waals surface area contributed by atoms with Crippen LogP contribution in [0.4, 0.5) is 0 Å². The molecule has 0 aliphatic rings. The van der Waals surface area contributed by atoms with E-state index in [1.165, 1.54) is 12.1 Å². The molecule has 0 fully saturated rings. The molecule has 100 valence electrons. The van der Waals surface area contributed by atoms with Gasteiger partial charge in [0.05, 0.1) is 23.7 Å². The summed E-state index contributed by atoms with van der Waals surface area (Å²) < 4.78 is 22.1. The van der Waals surface area contributed by atoms with Gasteiger partial charge >= 0.3 is 5.97 Å². The van der Waals surface area contributed by atoms with Gasteiger partial charge in [0, 0.05) is 4.90 Å². The van der Waals surface area contributed by atoms with Crippen molar-refractivity contribution in [3.8, 4) is 5.75 Å². The van der Waals surface area contributed by atoms with E-state index in [1.807, 2.05) is 0 Å². The van der Waals surface area contributed by atoms with E-state index in [1.54, 1.807) is 31.4 Å². The molecule has 0 radical (unpaired) electrons. The minimum atomic E-state index is -1.29. The molecule has 2 aromatic rings. The molecule has 19 heavy (non-hydrogen) atoms. The number of hydrogen-bond acceptors (Lipinski definition) is 4. The smallest absolute Gasteiger partial charge is 0.371 e. The number of carboxylic acid groups (broad SMARTS) is 1. The van der Waals surface area contributed by atoms with Crippen LogP contribution < -0.4 is 4.74 Å². The number of carboxylic acids is 1. The third kappa shape index (κ3) is 3.23. The molecule has 0 saturated carbocycles. The highest BCUT2D eigenvalue weighted by Crippen LogP contribution is 2.18. The lowest BCUT2D eigenvalue weighted by Crippen LogP contribution is -1.96. The predicted molar refractivity (Wildman–Crippen MR) is 68.8 cm³/mol. The lowest BCUT2D eigenvalue weighted by molar-refractivity contribution is 0.0661. The fourth-order valence-electron chi connectivity index (χ4n) is 1.51. The number of carbonyl (C=O) groups is 1. The Morgan fingerprint density at radius 2 is 1.95 bits per heavy atom. The number of benzene rings is 1. The largest absolute Gasteiger partial charge is 0.497 e. The molecule has 1 heterocycles. The second-order valence-corrected chi connectivity index (χ2v) is 5.19. The summed E-state index contributed by atoms with van der Waals surface area (Å²) in [4.78, 5) is 11.3. The molecule has 1 aromatic carbocycles. The Labute approximate surface area is 112 Å². The summed E-state index contributed by atoms with van der Waals surface area (Å²) in [6, 6.07) is 9.72. The number of ether oxygens (including phenoxy) is 1. The average molecular weight is 280 g/mol. The lowest BCUT2D eigenvalue weighted by atomic mass is 10.3. The van der Waals surface area contributed by atoms with E-state index in [0.29, 0.717) is 16.4 Å². The van der Waals surface area contributed by atoms with Gasteiger partial charge in [-0.1, -0.05) is 0 Å². The van der Waals surface area contributed by atoms with Gasteiger partial charge in [-0.05, 0) is 36.4 Å². The molecule has 5 nitrogen and oxygen atoms in total. The summed E-state index contributed by atoms with van der Waals surface area (Å²) in [5.41, 5.74) is 0. The summed E-state index contributed by atoms with van der Waals surface area (Å²) in [6.45, 7) is 0. The SMILES string of the molecule is COc1ccc([S@@](=O)Cc2ccc(C(=O)O)o2)cc1. The van der Waals surface area contributed by atoms with Crippen LogP contribution in [0.25, 0.3) is 0 Å². The zero-order chi connectivity index (χ0) is 13.8. The van der Waals surface area contributed by atoms with E-state index >= 15 is 0 Å². The molecule has 0 amide bonds. The number of furan rings is 1. The Bertz CT molecular complexity index is 600. The van der Waals surface area contributed by atoms with Gasteiger partial charge in [0.15, 0.2) is 0 Å². The van der Waals surface area contributed by atoms with E-state index in [0.717, 1.165) is 0 Å². The fraction of sp³-hybridized carbons (Fsp3) is 0.154. The summed E-state index contributed by atoms with van der Waals surface area (Å²) >= 11 is 0.